The first-order valence-corrected chi connectivity index (χ1v) is 7.03. The fourth-order valence-electron chi connectivity index (χ4n) is 2.14. The van der Waals surface area contributed by atoms with Gasteiger partial charge in [-0.3, -0.25) is 0 Å². The number of halogens is 1. The van der Waals surface area contributed by atoms with Crippen LogP contribution in [-0.4, -0.2) is 27.0 Å². The minimum absolute atomic E-state index is 0.151. The number of carbonyl (C=O) groups is 1. The van der Waals surface area contributed by atoms with Crippen LogP contribution in [0.25, 0.3) is 0 Å². The van der Waals surface area contributed by atoms with Crippen molar-refractivity contribution in [2.45, 2.75) is 0 Å². The first-order chi connectivity index (χ1) is 11.1. The van der Waals surface area contributed by atoms with Crippen molar-refractivity contribution in [2.75, 3.05) is 21.0 Å². The Balaban J connectivity index is 1.84. The third-order valence-electron chi connectivity index (χ3n) is 3.22. The third kappa shape index (κ3) is 2.98. The van der Waals surface area contributed by atoms with E-state index in [1.54, 1.807) is 18.2 Å². The van der Waals surface area contributed by atoms with Gasteiger partial charge in [-0.15, -0.1) is 0 Å². The highest BCUT2D eigenvalue weighted by Gasteiger charge is 2.19. The standard InChI is InChI=1S/C16H13ClO6/c1-19-14-6-9(5-11(17)15(14)20-2)16(18)23-10-3-4-12-13(7-10)22-8-21-12/h3-7H,8H2,1-2H3. The van der Waals surface area contributed by atoms with E-state index in [0.29, 0.717) is 28.7 Å². The normalized spacial score (nSPS) is 12.0. The van der Waals surface area contributed by atoms with E-state index >= 15 is 0 Å². The number of methoxy groups -OCH3 is 2. The summed E-state index contributed by atoms with van der Waals surface area (Å²) in [5, 5.41) is 0.254. The maximum Gasteiger partial charge on any atom is 0.343 e. The molecule has 2 aromatic rings. The van der Waals surface area contributed by atoms with E-state index in [1.807, 2.05) is 0 Å². The molecule has 1 aliphatic heterocycles. The molecule has 0 amide bonds. The van der Waals surface area contributed by atoms with Gasteiger partial charge in [0.25, 0.3) is 0 Å². The van der Waals surface area contributed by atoms with Crippen molar-refractivity contribution in [3.63, 3.8) is 0 Å². The van der Waals surface area contributed by atoms with Gasteiger partial charge < -0.3 is 23.7 Å². The van der Waals surface area contributed by atoms with Crippen LogP contribution >= 0.6 is 11.6 Å². The first-order valence-electron chi connectivity index (χ1n) is 6.65. The summed E-state index contributed by atoms with van der Waals surface area (Å²) < 4.78 is 26.1. The second-order valence-corrected chi connectivity index (χ2v) is 5.01. The summed E-state index contributed by atoms with van der Waals surface area (Å²) in [6.45, 7) is 0.151. The average molecular weight is 337 g/mol. The average Bonchev–Trinajstić information content (AvgIpc) is 3.01. The molecule has 120 valence electrons. The predicted octanol–water partition coefficient (Wildman–Crippen LogP) is 3.31. The summed E-state index contributed by atoms with van der Waals surface area (Å²) in [6.07, 6.45) is 0. The lowest BCUT2D eigenvalue weighted by Crippen LogP contribution is -2.09. The van der Waals surface area contributed by atoms with Gasteiger partial charge in [0.2, 0.25) is 6.79 Å². The van der Waals surface area contributed by atoms with Crippen LogP contribution in [0.3, 0.4) is 0 Å². The Morgan fingerprint density at radius 3 is 2.61 bits per heavy atom. The fraction of sp³-hybridized carbons (Fsp3) is 0.188. The zero-order valence-corrected chi connectivity index (χ0v) is 13.2. The Hall–Kier alpha value is -2.60. The monoisotopic (exact) mass is 336 g/mol. The molecule has 0 radical (unpaired) electrons. The van der Waals surface area contributed by atoms with E-state index in [1.165, 1.54) is 26.4 Å². The Bertz CT molecular complexity index is 758. The minimum atomic E-state index is -0.577. The van der Waals surface area contributed by atoms with Crippen LogP contribution < -0.4 is 23.7 Å². The maximum absolute atomic E-state index is 12.3. The molecule has 0 aromatic heterocycles. The van der Waals surface area contributed by atoms with Crippen LogP contribution in [-0.2, 0) is 0 Å². The fourth-order valence-corrected chi connectivity index (χ4v) is 2.43. The van der Waals surface area contributed by atoms with Gasteiger partial charge in [-0.2, -0.15) is 0 Å². The quantitative estimate of drug-likeness (QED) is 0.630. The Morgan fingerprint density at radius 2 is 1.87 bits per heavy atom. The van der Waals surface area contributed by atoms with Crippen molar-refractivity contribution in [1.29, 1.82) is 0 Å². The molecule has 0 saturated carbocycles. The lowest BCUT2D eigenvalue weighted by Gasteiger charge is -2.11. The van der Waals surface area contributed by atoms with Crippen LogP contribution in [0, 0.1) is 0 Å². The highest BCUT2D eigenvalue weighted by Crippen LogP contribution is 2.37. The number of carbonyl (C=O) groups excluding carboxylic acids is 1. The molecule has 3 rings (SSSR count). The number of ether oxygens (including phenoxy) is 5. The summed E-state index contributed by atoms with van der Waals surface area (Å²) in [5.74, 6) is 1.60. The molecule has 0 N–H and O–H groups in total. The number of rotatable bonds is 4. The van der Waals surface area contributed by atoms with Crippen molar-refractivity contribution in [3.05, 3.63) is 40.9 Å². The highest BCUT2D eigenvalue weighted by molar-refractivity contribution is 6.32. The van der Waals surface area contributed by atoms with E-state index in [-0.39, 0.29) is 17.4 Å². The van der Waals surface area contributed by atoms with Gasteiger partial charge in [-0.1, -0.05) is 11.6 Å². The lowest BCUT2D eigenvalue weighted by molar-refractivity contribution is 0.0734. The summed E-state index contributed by atoms with van der Waals surface area (Å²) >= 11 is 6.09. The lowest BCUT2D eigenvalue weighted by atomic mass is 10.2. The zero-order valence-electron chi connectivity index (χ0n) is 12.4. The second-order valence-electron chi connectivity index (χ2n) is 4.60. The van der Waals surface area contributed by atoms with Crippen LogP contribution in [0.15, 0.2) is 30.3 Å². The summed E-state index contributed by atoms with van der Waals surface area (Å²) in [5.41, 5.74) is 0.241. The number of fused-ring (bicyclic) bond motifs is 1. The van der Waals surface area contributed by atoms with Crippen molar-refractivity contribution >= 4 is 17.6 Å². The van der Waals surface area contributed by atoms with E-state index in [4.69, 9.17) is 35.3 Å². The van der Waals surface area contributed by atoms with Crippen LogP contribution in [0.2, 0.25) is 5.02 Å². The number of esters is 1. The summed E-state index contributed by atoms with van der Waals surface area (Å²) in [4.78, 5) is 12.3. The van der Waals surface area contributed by atoms with E-state index < -0.39 is 5.97 Å². The molecule has 6 nitrogen and oxygen atoms in total. The number of hydrogen-bond donors (Lipinski definition) is 0. The molecule has 2 aromatic carbocycles. The van der Waals surface area contributed by atoms with Gasteiger partial charge in [0.1, 0.15) is 5.75 Å². The molecule has 1 aliphatic rings. The predicted molar refractivity (Wildman–Crippen MR) is 82.1 cm³/mol. The SMILES string of the molecule is COc1cc(C(=O)Oc2ccc3c(c2)OCO3)cc(Cl)c1OC. The maximum atomic E-state index is 12.3. The molecule has 0 fully saturated rings. The molecule has 23 heavy (non-hydrogen) atoms. The molecule has 0 spiro atoms. The van der Waals surface area contributed by atoms with Gasteiger partial charge in [-0.25, -0.2) is 4.79 Å². The third-order valence-corrected chi connectivity index (χ3v) is 3.50. The number of benzene rings is 2. The molecule has 0 saturated heterocycles. The van der Waals surface area contributed by atoms with Gasteiger partial charge in [0, 0.05) is 6.07 Å². The zero-order chi connectivity index (χ0) is 16.4. The molecule has 0 aliphatic carbocycles. The number of hydrogen-bond acceptors (Lipinski definition) is 6. The van der Waals surface area contributed by atoms with E-state index in [2.05, 4.69) is 0 Å². The largest absolute Gasteiger partial charge is 0.493 e. The molecule has 0 atom stereocenters. The van der Waals surface area contributed by atoms with Crippen LogP contribution in [0.1, 0.15) is 10.4 Å². The molecule has 0 unspecified atom stereocenters. The van der Waals surface area contributed by atoms with Crippen molar-refractivity contribution in [1.82, 2.24) is 0 Å². The topological polar surface area (TPSA) is 63.2 Å². The van der Waals surface area contributed by atoms with Crippen molar-refractivity contribution in [2.24, 2.45) is 0 Å². The molecular weight excluding hydrogens is 324 g/mol. The smallest absolute Gasteiger partial charge is 0.343 e. The Kier molecular flexibility index (Phi) is 4.16. The highest BCUT2D eigenvalue weighted by atomic mass is 35.5. The molecular formula is C16H13ClO6. The Morgan fingerprint density at radius 1 is 1.09 bits per heavy atom. The van der Waals surface area contributed by atoms with E-state index in [0.717, 1.165) is 0 Å². The van der Waals surface area contributed by atoms with Crippen LogP contribution in [0.4, 0.5) is 0 Å². The molecule has 1 heterocycles. The van der Waals surface area contributed by atoms with E-state index in [9.17, 15) is 4.79 Å². The Labute approximate surface area is 137 Å². The van der Waals surface area contributed by atoms with Crippen molar-refractivity contribution in [3.8, 4) is 28.7 Å². The summed E-state index contributed by atoms with van der Waals surface area (Å²) in [6, 6.07) is 7.83. The molecule has 0 bridgehead atoms. The van der Waals surface area contributed by atoms with Crippen molar-refractivity contribution < 1.29 is 28.5 Å². The van der Waals surface area contributed by atoms with Gasteiger partial charge in [0.05, 0.1) is 24.8 Å². The van der Waals surface area contributed by atoms with Gasteiger partial charge >= 0.3 is 5.97 Å². The minimum Gasteiger partial charge on any atom is -0.493 e. The van der Waals surface area contributed by atoms with Gasteiger partial charge in [0.15, 0.2) is 23.0 Å². The van der Waals surface area contributed by atoms with Crippen LogP contribution in [0.5, 0.6) is 28.7 Å². The second kappa shape index (κ2) is 6.26. The van der Waals surface area contributed by atoms with Gasteiger partial charge in [-0.05, 0) is 24.3 Å². The molecule has 7 heteroatoms. The first kappa shape index (κ1) is 15.3. The summed E-state index contributed by atoms with van der Waals surface area (Å²) in [7, 11) is 2.93.